The maximum Gasteiger partial charge on any atom is 0.573 e. The molecule has 100 valence electrons. The van der Waals surface area contributed by atoms with E-state index in [2.05, 4.69) is 10.1 Å². The fourth-order valence-electron chi connectivity index (χ4n) is 1.06. The highest BCUT2D eigenvalue weighted by Crippen LogP contribution is 2.24. The standard InChI is InChI=1S/C12H14F3NO2/c1-11(2,3)10(17)16-8-4-6-9(7-5-8)18-12(13,14)15/h4-7H,1-3H3,(H,16,17). The Balaban J connectivity index is 2.70. The second-order valence-corrected chi connectivity index (χ2v) is 4.78. The summed E-state index contributed by atoms with van der Waals surface area (Å²) in [5.74, 6) is -0.539. The van der Waals surface area contributed by atoms with Gasteiger partial charge in [0.1, 0.15) is 5.75 Å². The summed E-state index contributed by atoms with van der Waals surface area (Å²) in [6.45, 7) is 5.22. The number of hydrogen-bond acceptors (Lipinski definition) is 2. The van der Waals surface area contributed by atoms with Gasteiger partial charge in [-0.25, -0.2) is 0 Å². The van der Waals surface area contributed by atoms with Crippen molar-refractivity contribution < 1.29 is 22.7 Å². The molecule has 0 bridgehead atoms. The zero-order valence-electron chi connectivity index (χ0n) is 10.3. The molecule has 0 aliphatic rings. The summed E-state index contributed by atoms with van der Waals surface area (Å²) in [6.07, 6.45) is -4.71. The maximum absolute atomic E-state index is 11.9. The Bertz CT molecular complexity index is 418. The molecular formula is C12H14F3NO2. The molecule has 1 aromatic rings. The lowest BCUT2D eigenvalue weighted by Crippen LogP contribution is -2.27. The SMILES string of the molecule is CC(C)(C)C(=O)Nc1ccc(OC(F)(F)F)cc1. The van der Waals surface area contributed by atoms with Crippen molar-refractivity contribution in [3.05, 3.63) is 24.3 Å². The zero-order chi connectivity index (χ0) is 14.0. The van der Waals surface area contributed by atoms with Gasteiger partial charge in [0.2, 0.25) is 5.91 Å². The quantitative estimate of drug-likeness (QED) is 0.883. The maximum atomic E-state index is 11.9. The molecule has 0 heterocycles. The Labute approximate surface area is 103 Å². The summed E-state index contributed by atoms with van der Waals surface area (Å²) >= 11 is 0. The number of benzene rings is 1. The Morgan fingerprint density at radius 2 is 1.61 bits per heavy atom. The molecule has 6 heteroatoms. The van der Waals surface area contributed by atoms with Crippen LogP contribution in [0, 0.1) is 5.41 Å². The lowest BCUT2D eigenvalue weighted by Gasteiger charge is -2.17. The first kappa shape index (κ1) is 14.3. The highest BCUT2D eigenvalue weighted by molar-refractivity contribution is 5.94. The van der Waals surface area contributed by atoms with Crippen LogP contribution in [-0.4, -0.2) is 12.3 Å². The van der Waals surface area contributed by atoms with Crippen LogP contribution in [-0.2, 0) is 4.79 Å². The first-order valence-electron chi connectivity index (χ1n) is 5.25. The van der Waals surface area contributed by atoms with E-state index in [9.17, 15) is 18.0 Å². The number of nitrogens with one attached hydrogen (secondary N) is 1. The van der Waals surface area contributed by atoms with E-state index in [1.165, 1.54) is 12.1 Å². The predicted octanol–water partition coefficient (Wildman–Crippen LogP) is 3.57. The fraction of sp³-hybridized carbons (Fsp3) is 0.417. The molecule has 1 amide bonds. The van der Waals surface area contributed by atoms with Gasteiger partial charge in [-0.3, -0.25) is 4.79 Å². The van der Waals surface area contributed by atoms with Crippen LogP contribution in [0.5, 0.6) is 5.75 Å². The molecule has 0 spiro atoms. The van der Waals surface area contributed by atoms with Crippen LogP contribution in [0.15, 0.2) is 24.3 Å². The molecule has 0 unspecified atom stereocenters. The van der Waals surface area contributed by atoms with E-state index in [0.717, 1.165) is 12.1 Å². The molecule has 0 saturated heterocycles. The highest BCUT2D eigenvalue weighted by atomic mass is 19.4. The van der Waals surface area contributed by atoms with E-state index in [4.69, 9.17) is 0 Å². The van der Waals surface area contributed by atoms with Crippen LogP contribution >= 0.6 is 0 Å². The van der Waals surface area contributed by atoms with Crippen molar-refractivity contribution in [3.8, 4) is 5.75 Å². The van der Waals surface area contributed by atoms with Gasteiger partial charge in [-0.15, -0.1) is 13.2 Å². The fourth-order valence-corrected chi connectivity index (χ4v) is 1.06. The van der Waals surface area contributed by atoms with Gasteiger partial charge in [0.15, 0.2) is 0 Å². The van der Waals surface area contributed by atoms with Crippen molar-refractivity contribution in [1.29, 1.82) is 0 Å². The molecule has 1 aromatic carbocycles. The first-order chi connectivity index (χ1) is 8.08. The van der Waals surface area contributed by atoms with Gasteiger partial charge in [0.05, 0.1) is 0 Å². The number of carbonyl (C=O) groups is 1. The number of ether oxygens (including phenoxy) is 1. The van der Waals surface area contributed by atoms with Crippen molar-refractivity contribution in [2.24, 2.45) is 5.41 Å². The number of amides is 1. The van der Waals surface area contributed by atoms with Crippen LogP contribution in [0.4, 0.5) is 18.9 Å². The van der Waals surface area contributed by atoms with Crippen molar-refractivity contribution in [2.45, 2.75) is 27.1 Å². The van der Waals surface area contributed by atoms with Gasteiger partial charge in [0.25, 0.3) is 0 Å². The second-order valence-electron chi connectivity index (χ2n) is 4.78. The average Bonchev–Trinajstić information content (AvgIpc) is 2.17. The van der Waals surface area contributed by atoms with Crippen LogP contribution < -0.4 is 10.1 Å². The topological polar surface area (TPSA) is 38.3 Å². The number of carbonyl (C=O) groups excluding carboxylic acids is 1. The Kier molecular flexibility index (Phi) is 3.88. The second kappa shape index (κ2) is 4.88. The Morgan fingerprint density at radius 1 is 1.11 bits per heavy atom. The molecule has 1 rings (SSSR count). The number of hydrogen-bond donors (Lipinski definition) is 1. The number of halogens is 3. The third-order valence-electron chi connectivity index (χ3n) is 2.03. The minimum atomic E-state index is -4.71. The van der Waals surface area contributed by atoms with Crippen LogP contribution in [0.3, 0.4) is 0 Å². The molecule has 0 saturated carbocycles. The van der Waals surface area contributed by atoms with E-state index in [1.54, 1.807) is 20.8 Å². The minimum absolute atomic E-state index is 0.216. The van der Waals surface area contributed by atoms with E-state index in [1.807, 2.05) is 0 Å². The molecule has 3 nitrogen and oxygen atoms in total. The average molecular weight is 261 g/mol. The molecule has 0 fully saturated rings. The van der Waals surface area contributed by atoms with Crippen LogP contribution in [0.2, 0.25) is 0 Å². The van der Waals surface area contributed by atoms with Crippen molar-refractivity contribution in [2.75, 3.05) is 5.32 Å². The summed E-state index contributed by atoms with van der Waals surface area (Å²) in [4.78, 5) is 11.6. The normalized spacial score (nSPS) is 12.1. The van der Waals surface area contributed by atoms with Gasteiger partial charge in [-0.2, -0.15) is 0 Å². The van der Waals surface area contributed by atoms with E-state index >= 15 is 0 Å². The summed E-state index contributed by atoms with van der Waals surface area (Å²) in [7, 11) is 0. The summed E-state index contributed by atoms with van der Waals surface area (Å²) in [5, 5.41) is 2.60. The monoisotopic (exact) mass is 261 g/mol. The molecular weight excluding hydrogens is 247 g/mol. The smallest absolute Gasteiger partial charge is 0.406 e. The van der Waals surface area contributed by atoms with Gasteiger partial charge in [-0.05, 0) is 24.3 Å². The van der Waals surface area contributed by atoms with Gasteiger partial charge in [-0.1, -0.05) is 20.8 Å². The molecule has 0 aromatic heterocycles. The van der Waals surface area contributed by atoms with E-state index in [0.29, 0.717) is 5.69 Å². The number of rotatable bonds is 2. The van der Waals surface area contributed by atoms with Crippen LogP contribution in [0.1, 0.15) is 20.8 Å². The predicted molar refractivity (Wildman–Crippen MR) is 61.2 cm³/mol. The molecule has 18 heavy (non-hydrogen) atoms. The zero-order valence-corrected chi connectivity index (χ0v) is 10.3. The molecule has 0 atom stereocenters. The van der Waals surface area contributed by atoms with Gasteiger partial charge in [0, 0.05) is 11.1 Å². The molecule has 0 aliphatic heterocycles. The number of anilines is 1. The Hall–Kier alpha value is -1.72. The molecule has 0 aliphatic carbocycles. The lowest BCUT2D eigenvalue weighted by molar-refractivity contribution is -0.274. The number of alkyl halides is 3. The first-order valence-corrected chi connectivity index (χ1v) is 5.25. The summed E-state index contributed by atoms with van der Waals surface area (Å²) < 4.78 is 39.5. The van der Waals surface area contributed by atoms with Crippen molar-refractivity contribution in [1.82, 2.24) is 0 Å². The third kappa shape index (κ3) is 4.65. The van der Waals surface area contributed by atoms with Crippen molar-refractivity contribution in [3.63, 3.8) is 0 Å². The third-order valence-corrected chi connectivity index (χ3v) is 2.03. The van der Waals surface area contributed by atoms with Gasteiger partial charge < -0.3 is 10.1 Å². The van der Waals surface area contributed by atoms with Gasteiger partial charge >= 0.3 is 6.36 Å². The van der Waals surface area contributed by atoms with Crippen LogP contribution in [0.25, 0.3) is 0 Å². The summed E-state index contributed by atoms with van der Waals surface area (Å²) in [5.41, 5.74) is -0.148. The minimum Gasteiger partial charge on any atom is -0.406 e. The highest BCUT2D eigenvalue weighted by Gasteiger charge is 2.31. The molecule has 1 N–H and O–H groups in total. The van der Waals surface area contributed by atoms with E-state index < -0.39 is 11.8 Å². The summed E-state index contributed by atoms with van der Waals surface area (Å²) in [6, 6.07) is 4.99. The molecule has 0 radical (unpaired) electrons. The van der Waals surface area contributed by atoms with E-state index in [-0.39, 0.29) is 11.7 Å². The Morgan fingerprint density at radius 3 is 2.00 bits per heavy atom. The lowest BCUT2D eigenvalue weighted by atomic mass is 9.95. The largest absolute Gasteiger partial charge is 0.573 e. The van der Waals surface area contributed by atoms with Crippen molar-refractivity contribution >= 4 is 11.6 Å².